The lowest BCUT2D eigenvalue weighted by Gasteiger charge is -2.30. The molecule has 1 aromatic rings. The minimum atomic E-state index is -0.699. The number of rotatable bonds is 3. The quantitative estimate of drug-likeness (QED) is 0.655. The molecule has 1 heterocycles. The highest BCUT2D eigenvalue weighted by molar-refractivity contribution is 6.06. The second kappa shape index (κ2) is 5.87. The first-order valence-electron chi connectivity index (χ1n) is 6.61. The molecule has 21 heavy (non-hydrogen) atoms. The zero-order valence-electron chi connectivity index (χ0n) is 11.9. The van der Waals surface area contributed by atoms with E-state index in [0.29, 0.717) is 17.4 Å². The summed E-state index contributed by atoms with van der Waals surface area (Å²) in [6, 6.07) is 4.29. The van der Waals surface area contributed by atoms with E-state index in [-0.39, 0.29) is 24.3 Å². The number of likely N-dealkylation sites (N-methyl/N-ethyl adjacent to an activating group) is 1. The number of amides is 3. The number of imide groups is 1. The van der Waals surface area contributed by atoms with Crippen molar-refractivity contribution < 1.29 is 19.2 Å². The van der Waals surface area contributed by atoms with E-state index >= 15 is 0 Å². The van der Waals surface area contributed by atoms with Crippen LogP contribution in [0.5, 0.6) is 0 Å². The molecule has 1 aromatic carbocycles. The molecule has 0 saturated carbocycles. The third-order valence-electron chi connectivity index (χ3n) is 3.67. The van der Waals surface area contributed by atoms with Gasteiger partial charge in [-0.3, -0.25) is 24.5 Å². The Balaban J connectivity index is 2.28. The lowest BCUT2D eigenvalue weighted by molar-refractivity contribution is -0.136. The summed E-state index contributed by atoms with van der Waals surface area (Å²) in [7, 11) is 1.50. The van der Waals surface area contributed by atoms with Crippen molar-refractivity contribution in [3.05, 3.63) is 34.9 Å². The lowest BCUT2D eigenvalue weighted by atomic mass is 9.99. The summed E-state index contributed by atoms with van der Waals surface area (Å²) >= 11 is 0. The van der Waals surface area contributed by atoms with Crippen LogP contribution in [0.25, 0.3) is 0 Å². The fourth-order valence-corrected chi connectivity index (χ4v) is 2.41. The van der Waals surface area contributed by atoms with Gasteiger partial charge in [0.25, 0.3) is 5.91 Å². The Hall–Kier alpha value is -2.50. The number of benzene rings is 1. The van der Waals surface area contributed by atoms with E-state index in [1.54, 1.807) is 25.1 Å². The molecule has 2 rings (SSSR count). The van der Waals surface area contributed by atoms with Crippen LogP contribution in [0.2, 0.25) is 0 Å². The SMILES string of the molecule is Cc1cccc(C(=O)N(C)C2CCC(=O)NC2=O)c1C=O. The molecule has 6 heteroatoms. The second-order valence-corrected chi connectivity index (χ2v) is 5.04. The van der Waals surface area contributed by atoms with Gasteiger partial charge in [0.1, 0.15) is 6.04 Å². The molecular formula is C15H16N2O4. The fraction of sp³-hybridized carbons (Fsp3) is 0.333. The third-order valence-corrected chi connectivity index (χ3v) is 3.67. The largest absolute Gasteiger partial charge is 0.330 e. The summed E-state index contributed by atoms with van der Waals surface area (Å²) in [5.41, 5.74) is 1.28. The molecule has 1 aliphatic rings. The van der Waals surface area contributed by atoms with E-state index in [4.69, 9.17) is 0 Å². The molecular weight excluding hydrogens is 272 g/mol. The molecule has 0 aromatic heterocycles. The van der Waals surface area contributed by atoms with Gasteiger partial charge in [-0.25, -0.2) is 0 Å². The van der Waals surface area contributed by atoms with Crippen LogP contribution in [0.4, 0.5) is 0 Å². The van der Waals surface area contributed by atoms with Gasteiger partial charge < -0.3 is 4.90 Å². The Morgan fingerprint density at radius 1 is 1.38 bits per heavy atom. The Morgan fingerprint density at radius 3 is 2.71 bits per heavy atom. The number of carbonyl (C=O) groups excluding carboxylic acids is 4. The topological polar surface area (TPSA) is 83.6 Å². The Morgan fingerprint density at radius 2 is 2.10 bits per heavy atom. The fourth-order valence-electron chi connectivity index (χ4n) is 2.41. The minimum absolute atomic E-state index is 0.197. The van der Waals surface area contributed by atoms with Gasteiger partial charge in [-0.2, -0.15) is 0 Å². The number of hydrogen-bond donors (Lipinski definition) is 1. The van der Waals surface area contributed by atoms with E-state index < -0.39 is 17.9 Å². The first-order valence-corrected chi connectivity index (χ1v) is 6.61. The second-order valence-electron chi connectivity index (χ2n) is 5.04. The zero-order chi connectivity index (χ0) is 15.6. The number of aryl methyl sites for hydroxylation is 1. The van der Waals surface area contributed by atoms with Crippen LogP contribution >= 0.6 is 0 Å². The predicted octanol–water partition coefficient (Wildman–Crippen LogP) is 0.685. The molecule has 1 unspecified atom stereocenters. The number of nitrogens with zero attached hydrogens (tertiary/aromatic N) is 1. The van der Waals surface area contributed by atoms with Crippen LogP contribution in [0.15, 0.2) is 18.2 Å². The minimum Gasteiger partial charge on any atom is -0.330 e. The average molecular weight is 288 g/mol. The summed E-state index contributed by atoms with van der Waals surface area (Å²) < 4.78 is 0. The van der Waals surface area contributed by atoms with E-state index in [1.807, 2.05) is 0 Å². The highest BCUT2D eigenvalue weighted by atomic mass is 16.2. The van der Waals surface area contributed by atoms with Gasteiger partial charge in [-0.05, 0) is 25.0 Å². The standard InChI is InChI=1S/C15H16N2O4/c1-9-4-3-5-10(11(9)8-18)15(21)17(2)12-6-7-13(19)16-14(12)20/h3-5,8,12H,6-7H2,1-2H3,(H,16,19,20). The molecule has 0 radical (unpaired) electrons. The van der Waals surface area contributed by atoms with Crippen molar-refractivity contribution >= 4 is 24.0 Å². The van der Waals surface area contributed by atoms with Crippen molar-refractivity contribution in [3.63, 3.8) is 0 Å². The normalized spacial score (nSPS) is 18.1. The van der Waals surface area contributed by atoms with Crippen molar-refractivity contribution in [2.45, 2.75) is 25.8 Å². The molecule has 1 fully saturated rings. The molecule has 110 valence electrons. The van der Waals surface area contributed by atoms with E-state index in [0.717, 1.165) is 0 Å². The van der Waals surface area contributed by atoms with E-state index in [9.17, 15) is 19.2 Å². The maximum atomic E-state index is 12.5. The third kappa shape index (κ3) is 2.84. The van der Waals surface area contributed by atoms with Crippen LogP contribution in [-0.4, -0.2) is 42.0 Å². The first kappa shape index (κ1) is 14.9. The molecule has 0 aliphatic carbocycles. The highest BCUT2D eigenvalue weighted by Gasteiger charge is 2.33. The Bertz CT molecular complexity index is 624. The van der Waals surface area contributed by atoms with Crippen molar-refractivity contribution in [3.8, 4) is 0 Å². The summed E-state index contributed by atoms with van der Waals surface area (Å²) in [5, 5.41) is 2.22. The summed E-state index contributed by atoms with van der Waals surface area (Å²) in [4.78, 5) is 47.9. The number of piperidine rings is 1. The van der Waals surface area contributed by atoms with Gasteiger partial charge in [-0.1, -0.05) is 12.1 Å². The van der Waals surface area contributed by atoms with Gasteiger partial charge in [0.15, 0.2) is 6.29 Å². The van der Waals surface area contributed by atoms with Crippen LogP contribution in [0.1, 0.15) is 39.1 Å². The van der Waals surface area contributed by atoms with Crippen LogP contribution in [-0.2, 0) is 9.59 Å². The predicted molar refractivity (Wildman–Crippen MR) is 74.8 cm³/mol. The lowest BCUT2D eigenvalue weighted by Crippen LogP contribution is -2.53. The van der Waals surface area contributed by atoms with Crippen molar-refractivity contribution in [2.24, 2.45) is 0 Å². The van der Waals surface area contributed by atoms with Gasteiger partial charge >= 0.3 is 0 Å². The molecule has 1 atom stereocenters. The summed E-state index contributed by atoms with van der Waals surface area (Å²) in [5.74, 6) is -1.22. The maximum absolute atomic E-state index is 12.5. The number of nitrogens with one attached hydrogen (secondary N) is 1. The van der Waals surface area contributed by atoms with Gasteiger partial charge in [-0.15, -0.1) is 0 Å². The number of carbonyl (C=O) groups is 4. The van der Waals surface area contributed by atoms with Crippen LogP contribution in [0, 0.1) is 6.92 Å². The molecule has 1 saturated heterocycles. The summed E-state index contributed by atoms with van der Waals surface area (Å²) in [6.07, 6.45) is 1.12. The van der Waals surface area contributed by atoms with Crippen LogP contribution in [0.3, 0.4) is 0 Å². The van der Waals surface area contributed by atoms with E-state index in [2.05, 4.69) is 5.32 Å². The smallest absolute Gasteiger partial charge is 0.255 e. The monoisotopic (exact) mass is 288 g/mol. The van der Waals surface area contributed by atoms with Gasteiger partial charge in [0.2, 0.25) is 11.8 Å². The zero-order valence-corrected chi connectivity index (χ0v) is 11.9. The van der Waals surface area contributed by atoms with Gasteiger partial charge in [0, 0.05) is 19.0 Å². The number of aldehydes is 1. The van der Waals surface area contributed by atoms with E-state index in [1.165, 1.54) is 11.9 Å². The molecule has 0 bridgehead atoms. The van der Waals surface area contributed by atoms with Crippen LogP contribution < -0.4 is 5.32 Å². The molecule has 0 spiro atoms. The average Bonchev–Trinajstić information content (AvgIpc) is 2.45. The van der Waals surface area contributed by atoms with Crippen molar-refractivity contribution in [2.75, 3.05) is 7.05 Å². The molecule has 3 amide bonds. The first-order chi connectivity index (χ1) is 9.95. The highest BCUT2D eigenvalue weighted by Crippen LogP contribution is 2.18. The summed E-state index contributed by atoms with van der Waals surface area (Å²) in [6.45, 7) is 1.74. The Labute approximate surface area is 122 Å². The molecule has 6 nitrogen and oxygen atoms in total. The number of hydrogen-bond acceptors (Lipinski definition) is 4. The molecule has 1 N–H and O–H groups in total. The molecule has 1 aliphatic heterocycles. The van der Waals surface area contributed by atoms with Crippen molar-refractivity contribution in [1.82, 2.24) is 10.2 Å². The van der Waals surface area contributed by atoms with Crippen molar-refractivity contribution in [1.29, 1.82) is 0 Å². The Kier molecular flexibility index (Phi) is 4.16. The van der Waals surface area contributed by atoms with Gasteiger partial charge in [0.05, 0.1) is 5.56 Å². The maximum Gasteiger partial charge on any atom is 0.255 e.